The first-order valence-corrected chi connectivity index (χ1v) is 10.7. The highest BCUT2D eigenvalue weighted by molar-refractivity contribution is 7.98. The number of anilines is 1. The van der Waals surface area contributed by atoms with Gasteiger partial charge in [-0.2, -0.15) is 11.8 Å². The smallest absolute Gasteiger partial charge is 0.406 e. The third-order valence-electron chi connectivity index (χ3n) is 3.76. The van der Waals surface area contributed by atoms with Crippen molar-refractivity contribution < 1.29 is 27.5 Å². The first-order chi connectivity index (χ1) is 14.1. The van der Waals surface area contributed by atoms with Crippen molar-refractivity contribution in [3.05, 3.63) is 58.1 Å². The second-order valence-corrected chi connectivity index (χ2v) is 7.82. The molecule has 0 aliphatic heterocycles. The van der Waals surface area contributed by atoms with Crippen LogP contribution >= 0.6 is 35.0 Å². The Bertz CT molecular complexity index is 896. The molecule has 0 saturated carbocycles. The zero-order valence-corrected chi connectivity index (χ0v) is 17.9. The Balaban J connectivity index is 2.08. The second-order valence-electron chi connectivity index (χ2n) is 5.99. The molecule has 0 aliphatic carbocycles. The summed E-state index contributed by atoms with van der Waals surface area (Å²) in [5.41, 5.74) is 0.416. The molecule has 1 unspecified atom stereocenters. The van der Waals surface area contributed by atoms with Crippen LogP contribution in [0.1, 0.15) is 16.8 Å². The van der Waals surface area contributed by atoms with E-state index in [2.05, 4.69) is 15.4 Å². The largest absolute Gasteiger partial charge is 0.573 e. The molecule has 0 fully saturated rings. The van der Waals surface area contributed by atoms with Crippen molar-refractivity contribution in [3.8, 4) is 5.75 Å². The number of alkyl halides is 3. The molecular weight excluding hydrogens is 464 g/mol. The molecule has 0 heterocycles. The molecular formula is C19H17Cl2F3N2O3S. The van der Waals surface area contributed by atoms with E-state index in [9.17, 15) is 22.8 Å². The molecule has 2 aromatic carbocycles. The maximum Gasteiger partial charge on any atom is 0.573 e. The lowest BCUT2D eigenvalue weighted by Gasteiger charge is -2.19. The SMILES string of the molecule is CSCCC(NC(=O)c1ccc(Cl)cc1Cl)C(=O)Nc1ccc(OC(F)(F)F)cc1. The fourth-order valence-corrected chi connectivity index (χ4v) is 3.35. The molecule has 0 aromatic heterocycles. The van der Waals surface area contributed by atoms with Crippen LogP contribution in [0.5, 0.6) is 5.75 Å². The fraction of sp³-hybridized carbons (Fsp3) is 0.263. The number of carbonyl (C=O) groups excluding carboxylic acids is 2. The number of hydrogen-bond donors (Lipinski definition) is 2. The second kappa shape index (κ2) is 10.8. The lowest BCUT2D eigenvalue weighted by molar-refractivity contribution is -0.274. The van der Waals surface area contributed by atoms with E-state index >= 15 is 0 Å². The summed E-state index contributed by atoms with van der Waals surface area (Å²) in [6.07, 6.45) is -2.62. The summed E-state index contributed by atoms with van der Waals surface area (Å²) in [5, 5.41) is 5.70. The van der Waals surface area contributed by atoms with Gasteiger partial charge in [0.15, 0.2) is 0 Å². The van der Waals surface area contributed by atoms with Gasteiger partial charge in [-0.15, -0.1) is 13.2 Å². The van der Waals surface area contributed by atoms with Crippen LogP contribution in [0, 0.1) is 0 Å². The van der Waals surface area contributed by atoms with Crippen molar-refractivity contribution in [2.45, 2.75) is 18.8 Å². The molecule has 11 heteroatoms. The predicted molar refractivity (Wildman–Crippen MR) is 112 cm³/mol. The number of amides is 2. The van der Waals surface area contributed by atoms with Crippen molar-refractivity contribution >= 4 is 52.5 Å². The van der Waals surface area contributed by atoms with E-state index in [0.717, 1.165) is 12.1 Å². The summed E-state index contributed by atoms with van der Waals surface area (Å²) in [6.45, 7) is 0. The molecule has 0 bridgehead atoms. The average molecular weight is 481 g/mol. The Morgan fingerprint density at radius 1 is 1.13 bits per heavy atom. The zero-order valence-electron chi connectivity index (χ0n) is 15.6. The summed E-state index contributed by atoms with van der Waals surface area (Å²) < 4.78 is 40.5. The van der Waals surface area contributed by atoms with Gasteiger partial charge < -0.3 is 15.4 Å². The standard InChI is InChI=1S/C19H17Cl2F3N2O3S/c1-30-9-8-16(26-17(27)14-7-2-11(20)10-15(14)21)18(28)25-12-3-5-13(6-4-12)29-19(22,23)24/h2-7,10,16H,8-9H2,1H3,(H,25,28)(H,26,27). The average Bonchev–Trinajstić information content (AvgIpc) is 2.65. The summed E-state index contributed by atoms with van der Waals surface area (Å²) >= 11 is 13.4. The number of rotatable bonds is 8. The van der Waals surface area contributed by atoms with Crippen LogP contribution in [0.25, 0.3) is 0 Å². The Morgan fingerprint density at radius 3 is 2.37 bits per heavy atom. The molecule has 0 aliphatic rings. The lowest BCUT2D eigenvalue weighted by Crippen LogP contribution is -2.44. The first-order valence-electron chi connectivity index (χ1n) is 8.50. The molecule has 0 saturated heterocycles. The highest BCUT2D eigenvalue weighted by Crippen LogP contribution is 2.24. The molecule has 2 rings (SSSR count). The van der Waals surface area contributed by atoms with Crippen molar-refractivity contribution in [1.29, 1.82) is 0 Å². The molecule has 2 aromatic rings. The van der Waals surface area contributed by atoms with E-state index in [-0.39, 0.29) is 16.3 Å². The normalized spacial score (nSPS) is 12.2. The van der Waals surface area contributed by atoms with E-state index in [1.54, 1.807) is 0 Å². The van der Waals surface area contributed by atoms with Gasteiger partial charge in [0.25, 0.3) is 5.91 Å². The van der Waals surface area contributed by atoms with Gasteiger partial charge >= 0.3 is 6.36 Å². The van der Waals surface area contributed by atoms with Crippen molar-refractivity contribution in [3.63, 3.8) is 0 Å². The fourth-order valence-electron chi connectivity index (χ4n) is 2.38. The van der Waals surface area contributed by atoms with Crippen molar-refractivity contribution in [1.82, 2.24) is 5.32 Å². The number of hydrogen-bond acceptors (Lipinski definition) is 4. The van der Waals surface area contributed by atoms with E-state index in [1.807, 2.05) is 6.26 Å². The first kappa shape index (κ1) is 24.2. The monoisotopic (exact) mass is 480 g/mol. The Kier molecular flexibility index (Phi) is 8.69. The minimum Gasteiger partial charge on any atom is -0.406 e. The van der Waals surface area contributed by atoms with Gasteiger partial charge in [-0.05, 0) is 60.9 Å². The molecule has 5 nitrogen and oxygen atoms in total. The molecule has 0 radical (unpaired) electrons. The zero-order chi connectivity index (χ0) is 22.3. The third-order valence-corrected chi connectivity index (χ3v) is 4.96. The number of benzene rings is 2. The highest BCUT2D eigenvalue weighted by Gasteiger charge is 2.31. The third kappa shape index (κ3) is 7.62. The lowest BCUT2D eigenvalue weighted by atomic mass is 10.1. The number of carbonyl (C=O) groups is 2. The summed E-state index contributed by atoms with van der Waals surface area (Å²) in [7, 11) is 0. The van der Waals surface area contributed by atoms with Crippen LogP contribution in [-0.4, -0.2) is 36.2 Å². The van der Waals surface area contributed by atoms with Gasteiger partial charge in [-0.3, -0.25) is 9.59 Å². The molecule has 2 N–H and O–H groups in total. The van der Waals surface area contributed by atoms with E-state index in [0.29, 0.717) is 17.2 Å². The van der Waals surface area contributed by atoms with Gasteiger partial charge in [-0.1, -0.05) is 23.2 Å². The van der Waals surface area contributed by atoms with Crippen molar-refractivity contribution in [2.24, 2.45) is 0 Å². The molecule has 1 atom stereocenters. The Morgan fingerprint density at radius 2 is 1.80 bits per heavy atom. The maximum atomic E-state index is 12.6. The van der Waals surface area contributed by atoms with Gasteiger partial charge in [0, 0.05) is 10.7 Å². The molecule has 162 valence electrons. The molecule has 2 amide bonds. The van der Waals surface area contributed by atoms with E-state index in [1.165, 1.54) is 42.1 Å². The van der Waals surface area contributed by atoms with Gasteiger partial charge in [-0.25, -0.2) is 0 Å². The van der Waals surface area contributed by atoms with Gasteiger partial charge in [0.1, 0.15) is 11.8 Å². The topological polar surface area (TPSA) is 67.4 Å². The van der Waals surface area contributed by atoms with E-state index < -0.39 is 30.0 Å². The summed E-state index contributed by atoms with van der Waals surface area (Å²) in [6, 6.07) is 8.16. The summed E-state index contributed by atoms with van der Waals surface area (Å²) in [4.78, 5) is 25.2. The Labute approximate surface area is 185 Å². The van der Waals surface area contributed by atoms with Gasteiger partial charge in [0.2, 0.25) is 5.91 Å². The number of ether oxygens (including phenoxy) is 1. The number of thioether (sulfide) groups is 1. The minimum absolute atomic E-state index is 0.143. The van der Waals surface area contributed by atoms with Crippen LogP contribution in [0.3, 0.4) is 0 Å². The minimum atomic E-state index is -4.80. The van der Waals surface area contributed by atoms with Crippen LogP contribution < -0.4 is 15.4 Å². The van der Waals surface area contributed by atoms with Crippen LogP contribution in [0.2, 0.25) is 10.0 Å². The van der Waals surface area contributed by atoms with Crippen molar-refractivity contribution in [2.75, 3.05) is 17.3 Å². The van der Waals surface area contributed by atoms with Gasteiger partial charge in [0.05, 0.1) is 10.6 Å². The van der Waals surface area contributed by atoms with Crippen LogP contribution in [0.4, 0.5) is 18.9 Å². The quantitative estimate of drug-likeness (QED) is 0.531. The summed E-state index contributed by atoms with van der Waals surface area (Å²) in [5.74, 6) is -0.894. The van der Waals surface area contributed by atoms with Crippen LogP contribution in [0.15, 0.2) is 42.5 Å². The highest BCUT2D eigenvalue weighted by atomic mass is 35.5. The number of nitrogens with one attached hydrogen (secondary N) is 2. The van der Waals surface area contributed by atoms with E-state index in [4.69, 9.17) is 23.2 Å². The maximum absolute atomic E-state index is 12.6. The molecule has 30 heavy (non-hydrogen) atoms. The molecule has 0 spiro atoms. The predicted octanol–water partition coefficient (Wildman–Crippen LogP) is 5.38. The number of halogens is 5. The van der Waals surface area contributed by atoms with Crippen LogP contribution in [-0.2, 0) is 4.79 Å². The Hall–Kier alpha value is -2.10.